The maximum absolute atomic E-state index is 12.3. The number of rotatable bonds is 6. The molecule has 2 atom stereocenters. The van der Waals surface area contributed by atoms with Crippen molar-refractivity contribution in [1.82, 2.24) is 4.90 Å². The standard InChI is InChI=1S/C22H23F3NO/c1-15-5-7-17(8-6-15)12-26-13-20-19(21(20)14-26)10-9-16-3-2-4-18(11-16)27-22(23,24)25/h2-9,11,19-21H,10,12-14H2,1H3. The van der Waals surface area contributed by atoms with E-state index in [4.69, 9.17) is 0 Å². The highest BCUT2D eigenvalue weighted by molar-refractivity contribution is 5.33. The summed E-state index contributed by atoms with van der Waals surface area (Å²) in [6.07, 6.45) is -1.69. The fraction of sp³-hybridized carbons (Fsp3) is 0.409. The Kier molecular flexibility index (Phi) is 4.89. The first-order chi connectivity index (χ1) is 12.9. The monoisotopic (exact) mass is 374 g/mol. The number of likely N-dealkylation sites (tertiary alicyclic amines) is 1. The van der Waals surface area contributed by atoms with Crippen molar-refractivity contribution in [3.8, 4) is 5.75 Å². The number of ether oxygens (including phenoxy) is 1. The smallest absolute Gasteiger partial charge is 0.406 e. The summed E-state index contributed by atoms with van der Waals surface area (Å²) < 4.78 is 41.0. The molecule has 0 amide bonds. The molecule has 1 saturated carbocycles. The molecule has 2 nitrogen and oxygen atoms in total. The van der Waals surface area contributed by atoms with Crippen molar-refractivity contribution >= 4 is 0 Å². The lowest BCUT2D eigenvalue weighted by Gasteiger charge is -2.19. The van der Waals surface area contributed by atoms with E-state index in [-0.39, 0.29) is 5.75 Å². The molecular weight excluding hydrogens is 351 g/mol. The molecule has 143 valence electrons. The van der Waals surface area contributed by atoms with Gasteiger partial charge in [0.2, 0.25) is 0 Å². The van der Waals surface area contributed by atoms with E-state index in [0.29, 0.717) is 5.92 Å². The molecular formula is C22H23F3NO. The van der Waals surface area contributed by atoms with Crippen molar-refractivity contribution in [2.75, 3.05) is 13.1 Å². The maximum atomic E-state index is 12.3. The number of piperidine rings is 1. The minimum atomic E-state index is -4.65. The molecule has 2 aromatic rings. The molecule has 0 bridgehead atoms. The number of alkyl halides is 3. The van der Waals surface area contributed by atoms with E-state index in [1.807, 2.05) is 12.5 Å². The van der Waals surface area contributed by atoms with Gasteiger partial charge < -0.3 is 4.74 Å². The van der Waals surface area contributed by atoms with Crippen LogP contribution in [0.1, 0.15) is 23.1 Å². The van der Waals surface area contributed by atoms with Crippen LogP contribution in [0, 0.1) is 31.1 Å². The van der Waals surface area contributed by atoms with E-state index in [2.05, 4.69) is 40.8 Å². The Labute approximate surface area is 157 Å². The predicted octanol–water partition coefficient (Wildman–Crippen LogP) is 5.21. The van der Waals surface area contributed by atoms with Gasteiger partial charge in [0, 0.05) is 19.6 Å². The average molecular weight is 374 g/mol. The van der Waals surface area contributed by atoms with Gasteiger partial charge in [0.25, 0.3) is 0 Å². The van der Waals surface area contributed by atoms with E-state index in [1.54, 1.807) is 6.07 Å². The summed E-state index contributed by atoms with van der Waals surface area (Å²) >= 11 is 0. The number of benzene rings is 2. The molecule has 1 aliphatic carbocycles. The van der Waals surface area contributed by atoms with Crippen molar-refractivity contribution in [2.24, 2.45) is 17.8 Å². The van der Waals surface area contributed by atoms with Gasteiger partial charge in [-0.05, 0) is 60.8 Å². The van der Waals surface area contributed by atoms with Crippen LogP contribution in [-0.2, 0) is 6.54 Å². The Bertz CT molecular complexity index is 775. The summed E-state index contributed by atoms with van der Waals surface area (Å²) in [5, 5.41) is 0. The first kappa shape index (κ1) is 18.4. The number of aryl methyl sites for hydroxylation is 1. The number of fused-ring (bicyclic) bond motifs is 1. The number of hydrogen-bond donors (Lipinski definition) is 0. The Hall–Kier alpha value is -2.01. The molecule has 1 radical (unpaired) electrons. The second-order valence-electron chi connectivity index (χ2n) is 7.73. The third-order valence-corrected chi connectivity index (χ3v) is 5.69. The summed E-state index contributed by atoms with van der Waals surface area (Å²) in [6.45, 7) is 5.34. The van der Waals surface area contributed by atoms with Gasteiger partial charge in [-0.3, -0.25) is 4.90 Å². The number of hydrogen-bond acceptors (Lipinski definition) is 2. The lowest BCUT2D eigenvalue weighted by atomic mass is 10.0. The topological polar surface area (TPSA) is 12.5 Å². The minimum Gasteiger partial charge on any atom is -0.406 e. The van der Waals surface area contributed by atoms with Gasteiger partial charge in [-0.15, -0.1) is 13.2 Å². The van der Waals surface area contributed by atoms with Crippen molar-refractivity contribution in [2.45, 2.75) is 26.3 Å². The van der Waals surface area contributed by atoms with Crippen molar-refractivity contribution in [3.05, 3.63) is 71.6 Å². The normalized spacial score (nSPS) is 24.7. The maximum Gasteiger partial charge on any atom is 0.573 e. The molecule has 2 aliphatic rings. The largest absolute Gasteiger partial charge is 0.573 e. The number of nitrogens with zero attached hydrogens (tertiary/aromatic N) is 1. The van der Waals surface area contributed by atoms with Crippen LogP contribution in [0.4, 0.5) is 13.2 Å². The molecule has 1 heterocycles. The number of halogens is 3. The lowest BCUT2D eigenvalue weighted by Crippen LogP contribution is -2.24. The molecule has 2 unspecified atom stereocenters. The van der Waals surface area contributed by atoms with E-state index in [1.165, 1.54) is 23.3 Å². The highest BCUT2D eigenvalue weighted by atomic mass is 19.4. The van der Waals surface area contributed by atoms with Crippen molar-refractivity contribution in [3.63, 3.8) is 0 Å². The van der Waals surface area contributed by atoms with Crippen LogP contribution >= 0.6 is 0 Å². The molecule has 2 aromatic carbocycles. The average Bonchev–Trinajstić information content (AvgIpc) is 3.05. The highest BCUT2D eigenvalue weighted by Gasteiger charge is 2.54. The fourth-order valence-corrected chi connectivity index (χ4v) is 4.28. The molecule has 1 aliphatic heterocycles. The van der Waals surface area contributed by atoms with Crippen LogP contribution in [0.25, 0.3) is 0 Å². The quantitative estimate of drug-likeness (QED) is 0.688. The van der Waals surface area contributed by atoms with Crippen LogP contribution in [-0.4, -0.2) is 24.4 Å². The molecule has 2 fully saturated rings. The van der Waals surface area contributed by atoms with Gasteiger partial charge in [-0.2, -0.15) is 0 Å². The zero-order valence-corrected chi connectivity index (χ0v) is 15.2. The zero-order valence-electron chi connectivity index (χ0n) is 15.2. The third-order valence-electron chi connectivity index (χ3n) is 5.69. The van der Waals surface area contributed by atoms with Crippen molar-refractivity contribution in [1.29, 1.82) is 0 Å². The van der Waals surface area contributed by atoms with Gasteiger partial charge in [-0.1, -0.05) is 42.0 Å². The van der Waals surface area contributed by atoms with Crippen LogP contribution in [0.2, 0.25) is 0 Å². The SMILES string of the molecule is Cc1ccc(CN2CC3C(C[CH]c4cccc(OC(F)(F)F)c4)C3C2)cc1. The molecule has 0 aromatic heterocycles. The molecule has 0 N–H and O–H groups in total. The Morgan fingerprint density at radius 1 is 1.07 bits per heavy atom. The minimum absolute atomic E-state index is 0.156. The lowest BCUT2D eigenvalue weighted by molar-refractivity contribution is -0.274. The fourth-order valence-electron chi connectivity index (χ4n) is 4.28. The zero-order chi connectivity index (χ0) is 19.0. The van der Waals surface area contributed by atoms with Gasteiger partial charge in [0.1, 0.15) is 5.75 Å². The highest BCUT2D eigenvalue weighted by Crippen LogP contribution is 2.54. The van der Waals surface area contributed by atoms with Gasteiger partial charge in [0.15, 0.2) is 0 Å². The second kappa shape index (κ2) is 7.19. The third kappa shape index (κ3) is 4.64. The second-order valence-corrected chi connectivity index (χ2v) is 7.73. The molecule has 1 saturated heterocycles. The summed E-state index contributed by atoms with van der Waals surface area (Å²) in [5.41, 5.74) is 3.42. The summed E-state index contributed by atoms with van der Waals surface area (Å²) in [7, 11) is 0. The molecule has 27 heavy (non-hydrogen) atoms. The summed E-state index contributed by atoms with van der Waals surface area (Å²) in [6, 6.07) is 14.9. The first-order valence-corrected chi connectivity index (χ1v) is 9.34. The Morgan fingerprint density at radius 2 is 1.78 bits per heavy atom. The van der Waals surface area contributed by atoms with Crippen LogP contribution in [0.5, 0.6) is 5.75 Å². The van der Waals surface area contributed by atoms with E-state index < -0.39 is 6.36 Å². The summed E-state index contributed by atoms with van der Waals surface area (Å²) in [4.78, 5) is 2.51. The molecule has 0 spiro atoms. The predicted molar refractivity (Wildman–Crippen MR) is 98.1 cm³/mol. The first-order valence-electron chi connectivity index (χ1n) is 9.34. The van der Waals surface area contributed by atoms with Crippen LogP contribution < -0.4 is 4.74 Å². The van der Waals surface area contributed by atoms with E-state index >= 15 is 0 Å². The van der Waals surface area contributed by atoms with Gasteiger partial charge in [0.05, 0.1) is 0 Å². The van der Waals surface area contributed by atoms with E-state index in [0.717, 1.165) is 43.5 Å². The Balaban J connectivity index is 1.23. The van der Waals surface area contributed by atoms with E-state index in [9.17, 15) is 13.2 Å². The molecule has 4 rings (SSSR count). The van der Waals surface area contributed by atoms with Crippen LogP contribution in [0.15, 0.2) is 48.5 Å². The summed E-state index contributed by atoms with van der Waals surface area (Å²) in [5.74, 6) is 1.95. The van der Waals surface area contributed by atoms with Gasteiger partial charge >= 0.3 is 6.36 Å². The van der Waals surface area contributed by atoms with Gasteiger partial charge in [-0.25, -0.2) is 0 Å². The van der Waals surface area contributed by atoms with Crippen molar-refractivity contribution < 1.29 is 17.9 Å². The Morgan fingerprint density at radius 3 is 2.44 bits per heavy atom. The van der Waals surface area contributed by atoms with Crippen LogP contribution in [0.3, 0.4) is 0 Å². The molecule has 5 heteroatoms.